The van der Waals surface area contributed by atoms with Gasteiger partial charge in [-0.25, -0.2) is 0 Å². The molecule has 6 nitrogen and oxygen atoms in total. The summed E-state index contributed by atoms with van der Waals surface area (Å²) in [5.74, 6) is -0.205. The summed E-state index contributed by atoms with van der Waals surface area (Å²) in [7, 11) is 0. The van der Waals surface area contributed by atoms with Crippen molar-refractivity contribution in [3.8, 4) is 0 Å². The molecule has 23 heavy (non-hydrogen) atoms. The van der Waals surface area contributed by atoms with Gasteiger partial charge in [0.15, 0.2) is 0 Å². The zero-order chi connectivity index (χ0) is 17.0. The second-order valence-electron chi connectivity index (χ2n) is 5.48. The molecule has 0 unspecified atom stereocenters. The van der Waals surface area contributed by atoms with Crippen molar-refractivity contribution in [3.63, 3.8) is 0 Å². The molecule has 2 N–H and O–H groups in total. The van der Waals surface area contributed by atoms with Crippen LogP contribution in [-0.4, -0.2) is 16.9 Å². The van der Waals surface area contributed by atoms with Gasteiger partial charge >= 0.3 is 0 Å². The minimum absolute atomic E-state index is 0.0167. The molecule has 0 saturated carbocycles. The molecule has 0 aliphatic heterocycles. The molecule has 0 aliphatic rings. The van der Waals surface area contributed by atoms with E-state index in [0.717, 1.165) is 16.8 Å². The van der Waals surface area contributed by atoms with Gasteiger partial charge in [0.25, 0.3) is 5.69 Å². The molecule has 2 aromatic carbocycles. The molecule has 1 atom stereocenters. The maximum absolute atomic E-state index is 12.3. The predicted octanol–water partition coefficient (Wildman–Crippen LogP) is 3.65. The number of benzene rings is 2. The van der Waals surface area contributed by atoms with Gasteiger partial charge in [0, 0.05) is 23.5 Å². The number of nitro groups is 1. The van der Waals surface area contributed by atoms with E-state index in [9.17, 15) is 14.9 Å². The van der Waals surface area contributed by atoms with Crippen LogP contribution in [0.5, 0.6) is 0 Å². The number of nitro benzene ring substituents is 1. The molecular weight excluding hydrogens is 294 g/mol. The molecular formula is C17H19N3O3. The van der Waals surface area contributed by atoms with E-state index in [1.54, 1.807) is 19.1 Å². The summed E-state index contributed by atoms with van der Waals surface area (Å²) in [5, 5.41) is 16.6. The molecule has 1 amide bonds. The smallest absolute Gasteiger partial charge is 0.271 e. The average Bonchev–Trinajstić information content (AvgIpc) is 2.50. The molecule has 0 saturated heterocycles. The van der Waals surface area contributed by atoms with Gasteiger partial charge in [-0.15, -0.1) is 0 Å². The zero-order valence-electron chi connectivity index (χ0n) is 13.3. The Morgan fingerprint density at radius 2 is 1.91 bits per heavy atom. The summed E-state index contributed by atoms with van der Waals surface area (Å²) in [6.07, 6.45) is 0. The van der Waals surface area contributed by atoms with Crippen molar-refractivity contribution >= 4 is 23.0 Å². The fourth-order valence-electron chi connectivity index (χ4n) is 2.22. The fourth-order valence-corrected chi connectivity index (χ4v) is 2.22. The summed E-state index contributed by atoms with van der Waals surface area (Å²) in [4.78, 5) is 22.6. The SMILES string of the molecule is Cc1ccc(NC(=O)[C@H](C)Nc2cccc([N+](=O)[O-])c2)c(C)c1. The van der Waals surface area contributed by atoms with Crippen molar-refractivity contribution in [1.29, 1.82) is 0 Å². The number of hydrogen-bond acceptors (Lipinski definition) is 4. The molecule has 0 bridgehead atoms. The number of nitrogens with zero attached hydrogens (tertiary/aromatic N) is 1. The van der Waals surface area contributed by atoms with Crippen LogP contribution >= 0.6 is 0 Å². The third-order valence-corrected chi connectivity index (χ3v) is 3.47. The maximum Gasteiger partial charge on any atom is 0.271 e. The normalized spacial score (nSPS) is 11.6. The van der Waals surface area contributed by atoms with E-state index in [1.807, 2.05) is 32.0 Å². The largest absolute Gasteiger partial charge is 0.374 e. The first kappa shape index (κ1) is 16.5. The second kappa shape index (κ2) is 6.91. The number of amides is 1. The van der Waals surface area contributed by atoms with Crippen LogP contribution in [0.2, 0.25) is 0 Å². The number of aryl methyl sites for hydroxylation is 2. The molecule has 6 heteroatoms. The Kier molecular flexibility index (Phi) is 4.95. The number of carbonyl (C=O) groups excluding carboxylic acids is 1. The van der Waals surface area contributed by atoms with Crippen LogP contribution in [0.15, 0.2) is 42.5 Å². The van der Waals surface area contributed by atoms with Gasteiger partial charge in [-0.3, -0.25) is 14.9 Å². The van der Waals surface area contributed by atoms with Crippen molar-refractivity contribution in [3.05, 3.63) is 63.7 Å². The van der Waals surface area contributed by atoms with Crippen molar-refractivity contribution < 1.29 is 9.72 Å². The van der Waals surface area contributed by atoms with Crippen LogP contribution in [-0.2, 0) is 4.79 Å². The van der Waals surface area contributed by atoms with Crippen molar-refractivity contribution in [2.75, 3.05) is 10.6 Å². The van der Waals surface area contributed by atoms with Gasteiger partial charge in [-0.2, -0.15) is 0 Å². The quantitative estimate of drug-likeness (QED) is 0.652. The fraction of sp³-hybridized carbons (Fsp3) is 0.235. The predicted molar refractivity (Wildman–Crippen MR) is 90.7 cm³/mol. The van der Waals surface area contributed by atoms with Crippen LogP contribution in [0, 0.1) is 24.0 Å². The minimum Gasteiger partial charge on any atom is -0.374 e. The molecule has 0 spiro atoms. The van der Waals surface area contributed by atoms with Gasteiger partial charge in [0.2, 0.25) is 5.91 Å². The lowest BCUT2D eigenvalue weighted by atomic mass is 10.1. The highest BCUT2D eigenvalue weighted by Crippen LogP contribution is 2.19. The number of anilines is 2. The first-order valence-electron chi connectivity index (χ1n) is 7.26. The van der Waals surface area contributed by atoms with E-state index in [2.05, 4.69) is 10.6 Å². The highest BCUT2D eigenvalue weighted by atomic mass is 16.6. The van der Waals surface area contributed by atoms with Gasteiger partial charge < -0.3 is 10.6 Å². The number of non-ortho nitro benzene ring substituents is 1. The molecule has 0 radical (unpaired) electrons. The number of rotatable bonds is 5. The van der Waals surface area contributed by atoms with Crippen molar-refractivity contribution in [1.82, 2.24) is 0 Å². The molecule has 2 aromatic rings. The summed E-state index contributed by atoms with van der Waals surface area (Å²) >= 11 is 0. The Labute approximate surface area is 134 Å². The molecule has 0 heterocycles. The molecule has 2 rings (SSSR count). The molecule has 120 valence electrons. The Hall–Kier alpha value is -2.89. The maximum atomic E-state index is 12.3. The van der Waals surface area contributed by atoms with Crippen LogP contribution in [0.1, 0.15) is 18.1 Å². The highest BCUT2D eigenvalue weighted by Gasteiger charge is 2.15. The lowest BCUT2D eigenvalue weighted by Crippen LogP contribution is -2.32. The van der Waals surface area contributed by atoms with E-state index in [1.165, 1.54) is 12.1 Å². The molecule has 0 aliphatic carbocycles. The third-order valence-electron chi connectivity index (χ3n) is 3.47. The van der Waals surface area contributed by atoms with Gasteiger partial charge in [-0.05, 0) is 38.5 Å². The number of nitrogens with one attached hydrogen (secondary N) is 2. The van der Waals surface area contributed by atoms with E-state index < -0.39 is 11.0 Å². The Morgan fingerprint density at radius 3 is 2.57 bits per heavy atom. The summed E-state index contributed by atoms with van der Waals surface area (Å²) in [5.41, 5.74) is 3.39. The number of hydrogen-bond donors (Lipinski definition) is 2. The Morgan fingerprint density at radius 1 is 1.17 bits per heavy atom. The van der Waals surface area contributed by atoms with Gasteiger partial charge in [0.05, 0.1) is 4.92 Å². The Bertz CT molecular complexity index is 744. The molecule has 0 fully saturated rings. The summed E-state index contributed by atoms with van der Waals surface area (Å²) < 4.78 is 0. The standard InChI is InChI=1S/C17H19N3O3/c1-11-7-8-16(12(2)9-11)19-17(21)13(3)18-14-5-4-6-15(10-14)20(22)23/h4-10,13,18H,1-3H3,(H,19,21)/t13-/m0/s1. The lowest BCUT2D eigenvalue weighted by Gasteiger charge is -2.16. The van der Waals surface area contributed by atoms with Crippen LogP contribution in [0.25, 0.3) is 0 Å². The van der Waals surface area contributed by atoms with Gasteiger partial charge in [-0.1, -0.05) is 23.8 Å². The van der Waals surface area contributed by atoms with Crippen LogP contribution in [0.3, 0.4) is 0 Å². The zero-order valence-corrected chi connectivity index (χ0v) is 13.3. The summed E-state index contributed by atoms with van der Waals surface area (Å²) in [6, 6.07) is 11.3. The van der Waals surface area contributed by atoms with E-state index in [0.29, 0.717) is 5.69 Å². The number of carbonyl (C=O) groups is 1. The minimum atomic E-state index is -0.530. The van der Waals surface area contributed by atoms with Crippen LogP contribution in [0.4, 0.5) is 17.1 Å². The van der Waals surface area contributed by atoms with Crippen molar-refractivity contribution in [2.45, 2.75) is 26.8 Å². The van der Waals surface area contributed by atoms with Crippen molar-refractivity contribution in [2.24, 2.45) is 0 Å². The van der Waals surface area contributed by atoms with E-state index in [4.69, 9.17) is 0 Å². The highest BCUT2D eigenvalue weighted by molar-refractivity contribution is 5.96. The first-order valence-corrected chi connectivity index (χ1v) is 7.26. The monoisotopic (exact) mass is 313 g/mol. The van der Waals surface area contributed by atoms with Crippen LogP contribution < -0.4 is 10.6 Å². The lowest BCUT2D eigenvalue weighted by molar-refractivity contribution is -0.384. The topological polar surface area (TPSA) is 84.3 Å². The third kappa shape index (κ3) is 4.29. The second-order valence-corrected chi connectivity index (χ2v) is 5.48. The average molecular weight is 313 g/mol. The first-order chi connectivity index (χ1) is 10.9. The van der Waals surface area contributed by atoms with E-state index in [-0.39, 0.29) is 11.6 Å². The van der Waals surface area contributed by atoms with Gasteiger partial charge in [0.1, 0.15) is 6.04 Å². The van der Waals surface area contributed by atoms with E-state index >= 15 is 0 Å². The Balaban J connectivity index is 2.05. The summed E-state index contributed by atoms with van der Waals surface area (Å²) in [6.45, 7) is 5.63. The molecule has 0 aromatic heterocycles.